The predicted molar refractivity (Wildman–Crippen MR) is 126 cm³/mol. The van der Waals surface area contributed by atoms with E-state index in [1.165, 1.54) is 44.9 Å². The first-order valence-corrected chi connectivity index (χ1v) is 12.4. The van der Waals surface area contributed by atoms with E-state index in [1.807, 2.05) is 25.1 Å². The van der Waals surface area contributed by atoms with Crippen molar-refractivity contribution in [3.63, 3.8) is 0 Å². The average Bonchev–Trinajstić information content (AvgIpc) is 3.12. The van der Waals surface area contributed by atoms with E-state index >= 15 is 0 Å². The summed E-state index contributed by atoms with van der Waals surface area (Å²) in [5.74, 6) is 1.40. The van der Waals surface area contributed by atoms with Crippen LogP contribution in [-0.2, 0) is 4.74 Å². The van der Waals surface area contributed by atoms with Crippen molar-refractivity contribution in [1.29, 1.82) is 0 Å². The zero-order chi connectivity index (χ0) is 22.2. The lowest BCUT2D eigenvalue weighted by Crippen LogP contribution is -2.43. The summed E-state index contributed by atoms with van der Waals surface area (Å²) in [4.78, 5) is 13.4. The Labute approximate surface area is 187 Å². The molecule has 4 heteroatoms. The summed E-state index contributed by atoms with van der Waals surface area (Å²) in [6, 6.07) is 5.98. The number of carbonyl (C=O) groups is 1. The largest absolute Gasteiger partial charge is 0.376 e. The number of fused-ring (bicyclic) bond motifs is 1. The van der Waals surface area contributed by atoms with Gasteiger partial charge in [-0.2, -0.15) is 5.10 Å². The van der Waals surface area contributed by atoms with Gasteiger partial charge >= 0.3 is 0 Å². The summed E-state index contributed by atoms with van der Waals surface area (Å²) >= 11 is 0. The molecular weight excluding hydrogens is 384 g/mol. The molecular formula is C27H40N2O2. The molecule has 170 valence electrons. The molecule has 0 radical (unpaired) electrons. The molecule has 1 aliphatic carbocycles. The van der Waals surface area contributed by atoms with E-state index in [0.717, 1.165) is 34.5 Å². The highest BCUT2D eigenvalue weighted by Crippen LogP contribution is 2.52. The van der Waals surface area contributed by atoms with Gasteiger partial charge in [0.25, 0.3) is 0 Å². The number of nitrogens with one attached hydrogen (secondary N) is 1. The minimum absolute atomic E-state index is 0.0261. The Morgan fingerprint density at radius 2 is 1.84 bits per heavy atom. The monoisotopic (exact) mass is 424 g/mol. The van der Waals surface area contributed by atoms with Gasteiger partial charge in [0.15, 0.2) is 5.78 Å². The van der Waals surface area contributed by atoms with Crippen LogP contribution in [0.25, 0.3) is 10.9 Å². The maximum absolute atomic E-state index is 13.4. The highest BCUT2D eigenvalue weighted by atomic mass is 16.5. The van der Waals surface area contributed by atoms with Crippen LogP contribution in [0, 0.1) is 30.1 Å². The number of hydrogen-bond acceptors (Lipinski definition) is 3. The van der Waals surface area contributed by atoms with Crippen molar-refractivity contribution in [3.05, 3.63) is 29.5 Å². The van der Waals surface area contributed by atoms with Gasteiger partial charge in [-0.1, -0.05) is 33.1 Å². The molecule has 0 spiro atoms. The zero-order valence-corrected chi connectivity index (χ0v) is 20.0. The van der Waals surface area contributed by atoms with Gasteiger partial charge in [-0.3, -0.25) is 9.89 Å². The fourth-order valence-electron chi connectivity index (χ4n) is 6.58. The smallest absolute Gasteiger partial charge is 0.165 e. The topological polar surface area (TPSA) is 55.0 Å². The molecule has 0 bridgehead atoms. The van der Waals surface area contributed by atoms with Gasteiger partial charge in [0.2, 0.25) is 0 Å². The number of carbonyl (C=O) groups excluding carboxylic acids is 1. The molecule has 1 saturated carbocycles. The van der Waals surface area contributed by atoms with Crippen molar-refractivity contribution < 1.29 is 9.53 Å². The Morgan fingerprint density at radius 1 is 1.16 bits per heavy atom. The quantitative estimate of drug-likeness (QED) is 0.515. The number of aromatic nitrogens is 2. The SMILES string of the molecule is Cc1n[nH]c2ccc(C(=O)[C@@H](C)C(C)CC3(C4C[C@@H](C)O[C@@H](C)C4)CCCCC3)cc12. The molecule has 2 aliphatic rings. The van der Waals surface area contributed by atoms with Crippen LogP contribution >= 0.6 is 0 Å². The number of aryl methyl sites for hydroxylation is 1. The number of benzene rings is 1. The molecule has 1 aromatic heterocycles. The third kappa shape index (κ3) is 4.60. The van der Waals surface area contributed by atoms with Gasteiger partial charge in [-0.05, 0) is 88.3 Å². The Hall–Kier alpha value is -1.68. The average molecular weight is 425 g/mol. The van der Waals surface area contributed by atoms with E-state index in [4.69, 9.17) is 4.74 Å². The second kappa shape index (κ2) is 9.05. The molecule has 2 aromatic rings. The summed E-state index contributed by atoms with van der Waals surface area (Å²) in [7, 11) is 0. The summed E-state index contributed by atoms with van der Waals surface area (Å²) in [6.07, 6.45) is 10.9. The molecule has 2 fully saturated rings. The van der Waals surface area contributed by atoms with Crippen LogP contribution in [0.4, 0.5) is 0 Å². The Bertz CT molecular complexity index is 901. The van der Waals surface area contributed by atoms with E-state index in [1.54, 1.807) is 0 Å². The standard InChI is InChI=1S/C27H40N2O2/c1-17(20(4)26(30)22-9-10-25-24(15-22)21(5)28-29-25)16-27(11-7-6-8-12-27)23-13-18(2)31-19(3)14-23/h9-10,15,17-20,23H,6-8,11-14,16H2,1-5H3,(H,28,29)/t17?,18-,19+,20-,23?/m0/s1. The first-order valence-electron chi connectivity index (χ1n) is 12.4. The van der Waals surface area contributed by atoms with E-state index in [2.05, 4.69) is 37.9 Å². The molecule has 1 saturated heterocycles. The van der Waals surface area contributed by atoms with Crippen LogP contribution in [-0.4, -0.2) is 28.2 Å². The molecule has 2 unspecified atom stereocenters. The first kappa shape index (κ1) is 22.5. The van der Waals surface area contributed by atoms with Crippen molar-refractivity contribution in [2.24, 2.45) is 23.2 Å². The van der Waals surface area contributed by atoms with E-state index in [-0.39, 0.29) is 11.7 Å². The van der Waals surface area contributed by atoms with Gasteiger partial charge in [-0.25, -0.2) is 0 Å². The molecule has 5 atom stereocenters. The number of nitrogens with zero attached hydrogens (tertiary/aromatic N) is 1. The predicted octanol–water partition coefficient (Wildman–Crippen LogP) is 6.87. The van der Waals surface area contributed by atoms with Crippen LogP contribution in [0.5, 0.6) is 0 Å². The second-order valence-electron chi connectivity index (χ2n) is 10.8. The molecule has 4 rings (SSSR count). The third-order valence-corrected chi connectivity index (χ3v) is 8.45. The maximum atomic E-state index is 13.4. The molecule has 1 aliphatic heterocycles. The molecule has 1 N–H and O–H groups in total. The number of ketones is 1. The van der Waals surface area contributed by atoms with E-state index in [9.17, 15) is 4.79 Å². The molecule has 0 amide bonds. The van der Waals surface area contributed by atoms with Crippen molar-refractivity contribution in [2.45, 2.75) is 98.2 Å². The van der Waals surface area contributed by atoms with Crippen LogP contribution in [0.15, 0.2) is 18.2 Å². The highest BCUT2D eigenvalue weighted by Gasteiger charge is 2.44. The van der Waals surface area contributed by atoms with Crippen molar-refractivity contribution in [2.75, 3.05) is 0 Å². The van der Waals surface area contributed by atoms with Crippen molar-refractivity contribution >= 4 is 16.7 Å². The van der Waals surface area contributed by atoms with Gasteiger partial charge in [-0.15, -0.1) is 0 Å². The number of hydrogen-bond donors (Lipinski definition) is 1. The third-order valence-electron chi connectivity index (χ3n) is 8.45. The normalized spacial score (nSPS) is 28.4. The number of rotatable bonds is 6. The zero-order valence-electron chi connectivity index (χ0n) is 20.0. The Morgan fingerprint density at radius 3 is 2.52 bits per heavy atom. The Balaban J connectivity index is 1.52. The molecule has 1 aromatic carbocycles. The lowest BCUT2D eigenvalue weighted by atomic mass is 9.58. The Kier molecular flexibility index (Phi) is 6.57. The lowest BCUT2D eigenvalue weighted by molar-refractivity contribution is -0.0956. The molecule has 31 heavy (non-hydrogen) atoms. The molecule has 2 heterocycles. The van der Waals surface area contributed by atoms with Gasteiger partial charge in [0, 0.05) is 16.9 Å². The van der Waals surface area contributed by atoms with Gasteiger partial charge < -0.3 is 4.74 Å². The number of ether oxygens (including phenoxy) is 1. The summed E-state index contributed by atoms with van der Waals surface area (Å²) in [5.41, 5.74) is 3.15. The maximum Gasteiger partial charge on any atom is 0.165 e. The first-order chi connectivity index (χ1) is 14.8. The minimum Gasteiger partial charge on any atom is -0.376 e. The number of Topliss-reactive ketones (excluding diaryl/α,β-unsaturated/α-hetero) is 1. The second-order valence-corrected chi connectivity index (χ2v) is 10.8. The van der Waals surface area contributed by atoms with Crippen molar-refractivity contribution in [3.8, 4) is 0 Å². The van der Waals surface area contributed by atoms with E-state index < -0.39 is 0 Å². The molecule has 4 nitrogen and oxygen atoms in total. The van der Waals surface area contributed by atoms with Gasteiger partial charge in [0.1, 0.15) is 0 Å². The van der Waals surface area contributed by atoms with Crippen LogP contribution in [0.2, 0.25) is 0 Å². The summed E-state index contributed by atoms with van der Waals surface area (Å²) in [5, 5.41) is 8.37. The minimum atomic E-state index is 0.0261. The number of H-pyrrole nitrogens is 1. The fourth-order valence-corrected chi connectivity index (χ4v) is 6.58. The van der Waals surface area contributed by atoms with Gasteiger partial charge in [0.05, 0.1) is 23.4 Å². The lowest BCUT2D eigenvalue weighted by Gasteiger charge is -2.49. The highest BCUT2D eigenvalue weighted by molar-refractivity contribution is 6.01. The fraction of sp³-hybridized carbons (Fsp3) is 0.704. The van der Waals surface area contributed by atoms with Crippen LogP contribution in [0.1, 0.15) is 95.1 Å². The van der Waals surface area contributed by atoms with E-state index in [0.29, 0.717) is 23.5 Å². The van der Waals surface area contributed by atoms with Crippen LogP contribution < -0.4 is 0 Å². The summed E-state index contributed by atoms with van der Waals surface area (Å²) in [6.45, 7) is 10.9. The van der Waals surface area contributed by atoms with Crippen LogP contribution in [0.3, 0.4) is 0 Å². The van der Waals surface area contributed by atoms with Crippen molar-refractivity contribution in [1.82, 2.24) is 10.2 Å². The summed E-state index contributed by atoms with van der Waals surface area (Å²) < 4.78 is 6.08. The number of aromatic amines is 1.